The fraction of sp³-hybridized carbons (Fsp3) is 0.920. The van der Waals surface area contributed by atoms with Gasteiger partial charge in [0.05, 0.1) is 11.7 Å². The number of fused-ring (bicyclic) bond motifs is 5. The Balaban J connectivity index is 0.00000306. The molecule has 0 aromatic rings. The van der Waals surface area contributed by atoms with Crippen LogP contribution < -0.4 is 10.7 Å². The maximum atomic E-state index is 12.2. The Morgan fingerprint density at radius 1 is 1.09 bits per heavy atom. The molecule has 0 radical (unpaired) electrons. The number of hydrogen-bond donors (Lipinski definition) is 5. The number of halogens is 1. The minimum Gasteiger partial charge on any atom is -0.393 e. The fourth-order valence-electron chi connectivity index (χ4n) is 8.12. The van der Waals surface area contributed by atoms with E-state index in [1.54, 1.807) is 0 Å². The summed E-state index contributed by atoms with van der Waals surface area (Å²) in [5.74, 6) is 1.98. The largest absolute Gasteiger partial charge is 0.393 e. The van der Waals surface area contributed by atoms with Crippen molar-refractivity contribution < 1.29 is 10.2 Å². The van der Waals surface area contributed by atoms with Crippen molar-refractivity contribution in [1.82, 2.24) is 15.6 Å². The maximum Gasteiger partial charge on any atom is 0.209 e. The molecule has 0 amide bonds. The van der Waals surface area contributed by atoms with E-state index in [1.165, 1.54) is 6.42 Å². The summed E-state index contributed by atoms with van der Waals surface area (Å²) in [7, 11) is 4.02. The molecule has 0 aromatic heterocycles. The van der Waals surface area contributed by atoms with Crippen molar-refractivity contribution in [2.45, 2.75) is 83.3 Å². The predicted octanol–water partition coefficient (Wildman–Crippen LogP) is 3.40. The third-order valence-electron chi connectivity index (χ3n) is 10.2. The number of aliphatic hydroxyl groups is 2. The molecule has 33 heavy (non-hydrogen) atoms. The highest BCUT2D eigenvalue weighted by Crippen LogP contribution is 2.68. The number of hydrazone groups is 1. The van der Waals surface area contributed by atoms with Gasteiger partial charge in [0.1, 0.15) is 0 Å². The topological polar surface area (TPSA) is 104 Å². The van der Waals surface area contributed by atoms with Crippen LogP contribution in [0.15, 0.2) is 5.10 Å². The monoisotopic (exact) mass is 575 g/mol. The Morgan fingerprint density at radius 3 is 2.58 bits per heavy atom. The normalized spacial score (nSPS) is 44.5. The van der Waals surface area contributed by atoms with Crippen molar-refractivity contribution in [3.63, 3.8) is 0 Å². The Morgan fingerprint density at radius 2 is 1.85 bits per heavy atom. The fourth-order valence-corrected chi connectivity index (χ4v) is 8.12. The highest BCUT2D eigenvalue weighted by Gasteiger charge is 2.66. The first kappa shape index (κ1) is 27.1. The van der Waals surface area contributed by atoms with E-state index in [-0.39, 0.29) is 52.8 Å². The van der Waals surface area contributed by atoms with E-state index >= 15 is 0 Å². The minimum atomic E-state index is -0.631. The molecule has 0 spiro atoms. The van der Waals surface area contributed by atoms with Crippen LogP contribution in [0.4, 0.5) is 0 Å². The first-order valence-electron chi connectivity index (χ1n) is 12.8. The molecule has 4 rings (SSSR count). The average molecular weight is 576 g/mol. The lowest BCUT2D eigenvalue weighted by Crippen LogP contribution is -2.62. The van der Waals surface area contributed by atoms with Crippen LogP contribution in [0.5, 0.6) is 0 Å². The van der Waals surface area contributed by atoms with Gasteiger partial charge in [-0.15, -0.1) is 24.0 Å². The number of nitrogens with one attached hydrogen (secondary N) is 3. The number of aliphatic hydroxyl groups excluding tert-OH is 1. The summed E-state index contributed by atoms with van der Waals surface area (Å²) in [6, 6.07) is 0. The third kappa shape index (κ3) is 4.83. The Hall–Kier alpha value is -0.450. The highest BCUT2D eigenvalue weighted by atomic mass is 127. The van der Waals surface area contributed by atoms with Gasteiger partial charge < -0.3 is 20.4 Å². The molecule has 7 nitrogen and oxygen atoms in total. The average Bonchev–Trinajstić information content (AvgIpc) is 2.99. The SMILES string of the molecule is CN(C)CCNC(=N)NN=C[C@H]1CC[C@]2(O)[C@@H]3CC[C@@H]4C[C@@H](O)CC[C@]4(C)[C@H]3CC[C@]12C.I. The highest BCUT2D eigenvalue weighted by molar-refractivity contribution is 14.0. The van der Waals surface area contributed by atoms with Crippen molar-refractivity contribution in [3.8, 4) is 0 Å². The Labute approximate surface area is 217 Å². The van der Waals surface area contributed by atoms with Crippen LogP contribution in [0.2, 0.25) is 0 Å². The van der Waals surface area contributed by atoms with E-state index in [4.69, 9.17) is 5.41 Å². The molecule has 8 heteroatoms. The van der Waals surface area contributed by atoms with Gasteiger partial charge in [0.2, 0.25) is 5.96 Å². The summed E-state index contributed by atoms with van der Waals surface area (Å²) in [5, 5.41) is 37.8. The molecule has 4 aliphatic carbocycles. The van der Waals surface area contributed by atoms with Crippen LogP contribution in [0.25, 0.3) is 0 Å². The van der Waals surface area contributed by atoms with Crippen LogP contribution in [0.3, 0.4) is 0 Å². The molecule has 8 atom stereocenters. The van der Waals surface area contributed by atoms with E-state index in [1.807, 2.05) is 20.3 Å². The van der Waals surface area contributed by atoms with Crippen molar-refractivity contribution in [2.24, 2.45) is 39.6 Å². The van der Waals surface area contributed by atoms with E-state index in [0.717, 1.165) is 57.9 Å². The van der Waals surface area contributed by atoms with Gasteiger partial charge >= 0.3 is 0 Å². The van der Waals surface area contributed by atoms with E-state index in [0.29, 0.717) is 24.3 Å². The molecular formula is C25H46IN5O2. The molecule has 4 aliphatic rings. The van der Waals surface area contributed by atoms with Gasteiger partial charge in [-0.2, -0.15) is 5.10 Å². The van der Waals surface area contributed by atoms with Crippen LogP contribution in [0.1, 0.15) is 71.6 Å². The molecule has 4 fully saturated rings. The molecule has 0 heterocycles. The number of nitrogens with zero attached hydrogens (tertiary/aromatic N) is 2. The molecule has 0 aromatic carbocycles. The van der Waals surface area contributed by atoms with Crippen LogP contribution >= 0.6 is 24.0 Å². The number of likely N-dealkylation sites (N-methyl/N-ethyl adjacent to an activating group) is 1. The van der Waals surface area contributed by atoms with Crippen molar-refractivity contribution in [3.05, 3.63) is 0 Å². The van der Waals surface area contributed by atoms with Gasteiger partial charge in [-0.3, -0.25) is 5.41 Å². The summed E-state index contributed by atoms with van der Waals surface area (Å²) in [5.41, 5.74) is 2.31. The summed E-state index contributed by atoms with van der Waals surface area (Å²) in [6.45, 7) is 6.31. The Kier molecular flexibility index (Phi) is 8.45. The summed E-state index contributed by atoms with van der Waals surface area (Å²) in [6.07, 6.45) is 11.1. The third-order valence-corrected chi connectivity index (χ3v) is 10.2. The molecule has 4 saturated carbocycles. The minimum absolute atomic E-state index is 0. The molecule has 0 saturated heterocycles. The van der Waals surface area contributed by atoms with Crippen molar-refractivity contribution >= 4 is 36.2 Å². The van der Waals surface area contributed by atoms with Gasteiger partial charge in [0, 0.05) is 30.6 Å². The standard InChI is InChI=1S/C25H45N5O2.HI/c1-23-10-8-19(31)15-17(23)5-6-21-20(23)9-11-24(2)18(7-12-25(21,24)32)16-28-29-22(26)27-13-14-30(3)4;/h16-21,31-32H,5-15H2,1-4H3,(H3,26,27,29);1H/t17-,18-,19+,20+,21-,23+,24-,25+;/m1./s1. The zero-order valence-electron chi connectivity index (χ0n) is 20.9. The zero-order chi connectivity index (χ0) is 23.1. The molecule has 5 N–H and O–H groups in total. The molecule has 190 valence electrons. The molecule has 0 aliphatic heterocycles. The quantitative estimate of drug-likeness (QED) is 0.150. The maximum absolute atomic E-state index is 12.2. The van der Waals surface area contributed by atoms with Gasteiger partial charge in [-0.25, -0.2) is 5.43 Å². The first-order valence-corrected chi connectivity index (χ1v) is 12.8. The first-order chi connectivity index (χ1) is 15.1. The van der Waals surface area contributed by atoms with Gasteiger partial charge in [0.25, 0.3) is 0 Å². The van der Waals surface area contributed by atoms with Gasteiger partial charge in [-0.1, -0.05) is 13.8 Å². The smallest absolute Gasteiger partial charge is 0.209 e. The zero-order valence-corrected chi connectivity index (χ0v) is 23.3. The predicted molar refractivity (Wildman–Crippen MR) is 144 cm³/mol. The van der Waals surface area contributed by atoms with Crippen molar-refractivity contribution in [2.75, 3.05) is 27.2 Å². The van der Waals surface area contributed by atoms with Crippen LogP contribution in [-0.2, 0) is 0 Å². The second-order valence-electron chi connectivity index (χ2n) is 11.9. The lowest BCUT2D eigenvalue weighted by molar-refractivity contribution is -0.206. The van der Waals surface area contributed by atoms with Crippen molar-refractivity contribution in [1.29, 1.82) is 5.41 Å². The van der Waals surface area contributed by atoms with Gasteiger partial charge in [-0.05, 0) is 95.1 Å². The van der Waals surface area contributed by atoms with Crippen LogP contribution in [-0.4, -0.2) is 66.2 Å². The molecule has 0 unspecified atom stereocenters. The second-order valence-corrected chi connectivity index (χ2v) is 11.9. The second kappa shape index (κ2) is 10.3. The van der Waals surface area contributed by atoms with E-state index in [2.05, 4.69) is 34.6 Å². The van der Waals surface area contributed by atoms with Crippen LogP contribution in [0, 0.1) is 39.9 Å². The lowest BCUT2D eigenvalue weighted by atomic mass is 9.43. The number of rotatable bonds is 5. The van der Waals surface area contributed by atoms with Gasteiger partial charge in [0.15, 0.2) is 0 Å². The van der Waals surface area contributed by atoms with E-state index in [9.17, 15) is 10.2 Å². The summed E-state index contributed by atoms with van der Waals surface area (Å²) < 4.78 is 0. The molecule has 0 bridgehead atoms. The Bertz CT molecular complexity index is 736. The number of hydrogen-bond acceptors (Lipinski definition) is 5. The summed E-state index contributed by atoms with van der Waals surface area (Å²) in [4.78, 5) is 2.07. The van der Waals surface area contributed by atoms with E-state index < -0.39 is 5.60 Å². The number of guanidine groups is 1. The lowest BCUT2D eigenvalue weighted by Gasteiger charge is -2.63. The molecular weight excluding hydrogens is 529 g/mol. The summed E-state index contributed by atoms with van der Waals surface area (Å²) >= 11 is 0.